The number of amides is 12. The first-order chi connectivity index (χ1) is 46.1. The van der Waals surface area contributed by atoms with Gasteiger partial charge in [0.15, 0.2) is 0 Å². The summed E-state index contributed by atoms with van der Waals surface area (Å²) in [5, 5.41) is 8.12. The molecule has 6 fully saturated rings. The maximum Gasteiger partial charge on any atom is 0.417 e. The van der Waals surface area contributed by atoms with Gasteiger partial charge in [-0.05, 0) is 112 Å². The molecule has 1 spiro atoms. The van der Waals surface area contributed by atoms with E-state index in [1.165, 1.54) is 82.7 Å². The number of nitrogens with zero attached hydrogens (tertiary/aromatic N) is 9. The number of carbonyl (C=O) groups excluding carboxylic acids is 12. The molecular weight excluding hydrogens is 1290 g/mol. The molecule has 6 aliphatic rings. The minimum Gasteiger partial charge on any atom is -0.343 e. The van der Waals surface area contributed by atoms with Crippen LogP contribution in [0.3, 0.4) is 0 Å². The molecule has 9 atom stereocenters. The Labute approximate surface area is 580 Å². The molecule has 4 heterocycles. The second-order valence-electron chi connectivity index (χ2n) is 29.3. The number of hydrogen-bond donors (Lipinski definition) is 3. The van der Waals surface area contributed by atoms with Crippen LogP contribution in [0.1, 0.15) is 175 Å². The van der Waals surface area contributed by atoms with Gasteiger partial charge in [0.25, 0.3) is 0 Å². The number of likely N-dealkylation sites (tertiary alicyclic amines) is 1. The summed E-state index contributed by atoms with van der Waals surface area (Å²) in [4.78, 5) is 190. The molecule has 1 aromatic rings. The highest BCUT2D eigenvalue weighted by Gasteiger charge is 2.51. The summed E-state index contributed by atoms with van der Waals surface area (Å²) < 4.78 is 41.6. The molecule has 546 valence electrons. The molecule has 2 aliphatic carbocycles. The maximum absolute atomic E-state index is 15.4. The number of aryl methyl sites for hydroxylation is 1. The van der Waals surface area contributed by atoms with Crippen LogP contribution < -0.4 is 16.0 Å². The standard InChI is InChI=1S/C70H106ClF3N12O12/c1-13-44(6)58-66(96)79(8)41-57(89)85-35-29-51(85)64(94)81(10)53(38-45-22-15-14-16-23-45)63(93)78(7)40-55(87)75-49(28-26-46-25-27-47(48(71)37-46)70(72,73)74)62(92)86-34-21-24-50(86)61(91)77-69(30-17-18-31-69)68(98)83(12)59(43(4)5)67(97)82(11)54(65(95)84-32-19-20-33-84)39-56(88)80(9)52(36-42(2)3)60(90)76-58/h25,27,37,42-45,49-54,58-59H,13-24,26,28-36,38-41H2,1-12H3,(H,75,87)(H,76,90)(H,77,91)/t44-,49-,50-,51-,52-,53-,54-,58-,59-/m0/s1. The molecule has 2 saturated carbocycles. The highest BCUT2D eigenvalue weighted by Crippen LogP contribution is 2.37. The molecule has 0 bridgehead atoms. The Kier molecular flexibility index (Phi) is 27.1. The van der Waals surface area contributed by atoms with Gasteiger partial charge in [-0.1, -0.05) is 111 Å². The fourth-order valence-electron chi connectivity index (χ4n) is 15.2. The maximum atomic E-state index is 15.4. The first kappa shape index (κ1) is 78.3. The topological polar surface area (TPSA) is 270 Å². The molecule has 3 N–H and O–H groups in total. The van der Waals surface area contributed by atoms with Gasteiger partial charge in [-0.3, -0.25) is 57.5 Å². The van der Waals surface area contributed by atoms with E-state index >= 15 is 14.4 Å². The smallest absolute Gasteiger partial charge is 0.343 e. The molecule has 28 heteroatoms. The summed E-state index contributed by atoms with van der Waals surface area (Å²) in [6, 6.07) is -6.61. The monoisotopic (exact) mass is 1400 g/mol. The van der Waals surface area contributed by atoms with Crippen molar-refractivity contribution in [3.63, 3.8) is 0 Å². The van der Waals surface area contributed by atoms with Crippen LogP contribution in [0.15, 0.2) is 18.2 Å². The van der Waals surface area contributed by atoms with Crippen molar-refractivity contribution >= 4 is 82.5 Å². The number of benzene rings is 1. The lowest BCUT2D eigenvalue weighted by atomic mass is 9.84. The number of carbonyl (C=O) groups is 12. The number of halogens is 4. The number of likely N-dealkylation sites (N-methyl/N-ethyl adjacent to an activating group) is 6. The van der Waals surface area contributed by atoms with Crippen molar-refractivity contribution < 1.29 is 70.7 Å². The molecule has 12 amide bonds. The van der Waals surface area contributed by atoms with E-state index in [1.54, 1.807) is 25.7 Å². The third-order valence-corrected chi connectivity index (χ3v) is 21.7. The first-order valence-corrected chi connectivity index (χ1v) is 35.7. The molecule has 0 aromatic heterocycles. The fourth-order valence-corrected chi connectivity index (χ4v) is 15.5. The summed E-state index contributed by atoms with van der Waals surface area (Å²) in [7, 11) is 8.56. The SMILES string of the molecule is CC[C@H](C)[C@@H]1NC(=O)[C@H](CC(C)C)N(C)C(=O)C[C@@H](C(=O)N2CCCC2)N(C)C(=O)[C@H](C(C)C)N(C)C(=O)C2(CCCC2)NC(=O)[C@@H]2CCCN2C(=O)[C@H](CCc2ccc(C(F)(F)F)c(Cl)c2)NC(=O)CN(C)C(=O)[C@H](CC2CCCCC2)N(C)C(=O)[C@@H]2CCN2C(=O)CN(C)C1=O. The quantitative estimate of drug-likeness (QED) is 0.256. The van der Waals surface area contributed by atoms with E-state index in [-0.39, 0.29) is 76.3 Å². The number of alkyl halides is 3. The molecule has 0 radical (unpaired) electrons. The second kappa shape index (κ2) is 33.9. The Hall–Kier alpha value is -7.06. The van der Waals surface area contributed by atoms with Crippen molar-refractivity contribution in [3.8, 4) is 0 Å². The van der Waals surface area contributed by atoms with Gasteiger partial charge in [0.05, 0.1) is 30.1 Å². The zero-order valence-corrected chi connectivity index (χ0v) is 60.2. The summed E-state index contributed by atoms with van der Waals surface area (Å²) in [5.74, 6) is -8.87. The normalized spacial score (nSPS) is 27.2. The van der Waals surface area contributed by atoms with E-state index in [0.717, 1.165) is 49.1 Å². The van der Waals surface area contributed by atoms with Crippen molar-refractivity contribution in [2.45, 2.75) is 230 Å². The highest BCUT2D eigenvalue weighted by molar-refractivity contribution is 6.31. The Balaban J connectivity index is 1.27. The minimum absolute atomic E-state index is 0.0278. The van der Waals surface area contributed by atoms with E-state index in [0.29, 0.717) is 57.2 Å². The van der Waals surface area contributed by atoms with Crippen molar-refractivity contribution in [2.24, 2.45) is 23.7 Å². The Morgan fingerprint density at radius 2 is 1.28 bits per heavy atom. The minimum atomic E-state index is -4.76. The summed E-state index contributed by atoms with van der Waals surface area (Å²) in [5.41, 5.74) is -2.35. The molecule has 1 aromatic carbocycles. The van der Waals surface area contributed by atoms with Crippen LogP contribution in [0.25, 0.3) is 0 Å². The molecule has 24 nitrogen and oxygen atoms in total. The van der Waals surface area contributed by atoms with Crippen molar-refractivity contribution in [1.29, 1.82) is 0 Å². The van der Waals surface area contributed by atoms with Crippen molar-refractivity contribution in [1.82, 2.24) is 60.0 Å². The van der Waals surface area contributed by atoms with Gasteiger partial charge in [0.2, 0.25) is 70.9 Å². The number of fused-ring (bicyclic) bond motifs is 2. The lowest BCUT2D eigenvalue weighted by Gasteiger charge is -2.44. The molecular formula is C70H106ClF3N12O12. The molecule has 0 unspecified atom stereocenters. The van der Waals surface area contributed by atoms with E-state index in [4.69, 9.17) is 11.6 Å². The van der Waals surface area contributed by atoms with Crippen molar-refractivity contribution in [3.05, 3.63) is 34.3 Å². The van der Waals surface area contributed by atoms with E-state index in [2.05, 4.69) is 16.0 Å². The largest absolute Gasteiger partial charge is 0.417 e. The fraction of sp³-hybridized carbons (Fsp3) is 0.743. The van der Waals surface area contributed by atoms with Crippen LogP contribution in [0.2, 0.25) is 5.02 Å². The lowest BCUT2D eigenvalue weighted by molar-refractivity contribution is -0.158. The Morgan fingerprint density at radius 3 is 1.86 bits per heavy atom. The Morgan fingerprint density at radius 1 is 0.633 bits per heavy atom. The third-order valence-electron chi connectivity index (χ3n) is 21.4. The van der Waals surface area contributed by atoms with Crippen LogP contribution in [-0.2, 0) is 70.1 Å². The van der Waals surface area contributed by atoms with Crippen LogP contribution in [-0.4, -0.2) is 250 Å². The van der Waals surface area contributed by atoms with Crippen LogP contribution >= 0.6 is 11.6 Å². The predicted molar refractivity (Wildman–Crippen MR) is 360 cm³/mol. The second-order valence-corrected chi connectivity index (χ2v) is 29.7. The molecule has 4 saturated heterocycles. The first-order valence-electron chi connectivity index (χ1n) is 35.3. The summed E-state index contributed by atoms with van der Waals surface area (Å²) >= 11 is 6.15. The molecule has 4 aliphatic heterocycles. The molecule has 7 rings (SSSR count). The zero-order valence-electron chi connectivity index (χ0n) is 59.5. The van der Waals surface area contributed by atoms with Crippen LogP contribution in [0.5, 0.6) is 0 Å². The van der Waals surface area contributed by atoms with Gasteiger partial charge < -0.3 is 60.0 Å². The van der Waals surface area contributed by atoms with E-state index < -0.39 is 173 Å². The number of rotatable bonds is 11. The van der Waals surface area contributed by atoms with Gasteiger partial charge in [-0.25, -0.2) is 0 Å². The van der Waals surface area contributed by atoms with Gasteiger partial charge in [-0.15, -0.1) is 0 Å². The molecule has 98 heavy (non-hydrogen) atoms. The van der Waals surface area contributed by atoms with Gasteiger partial charge >= 0.3 is 6.18 Å². The zero-order chi connectivity index (χ0) is 72.4. The average molecular weight is 1400 g/mol. The highest BCUT2D eigenvalue weighted by atomic mass is 35.5. The lowest BCUT2D eigenvalue weighted by Crippen LogP contribution is -2.65. The van der Waals surface area contributed by atoms with E-state index in [1.807, 2.05) is 20.8 Å². The summed E-state index contributed by atoms with van der Waals surface area (Å²) in [6.07, 6.45) is 2.95. The predicted octanol–water partition coefficient (Wildman–Crippen LogP) is 5.25. The van der Waals surface area contributed by atoms with Crippen LogP contribution in [0, 0.1) is 23.7 Å². The average Bonchev–Trinajstić information content (AvgIpc) is 1.41. The van der Waals surface area contributed by atoms with Crippen molar-refractivity contribution in [2.75, 3.05) is 81.6 Å². The Bertz CT molecular complexity index is 3100. The number of nitrogens with one attached hydrogen (secondary N) is 3. The summed E-state index contributed by atoms with van der Waals surface area (Å²) in [6.45, 7) is 10.6. The van der Waals surface area contributed by atoms with Gasteiger partial charge in [0, 0.05) is 68.5 Å². The van der Waals surface area contributed by atoms with Gasteiger partial charge in [0.1, 0.15) is 53.9 Å². The third kappa shape index (κ3) is 18.5. The van der Waals surface area contributed by atoms with E-state index in [9.17, 15) is 56.3 Å². The van der Waals surface area contributed by atoms with Crippen LogP contribution in [0.4, 0.5) is 13.2 Å². The van der Waals surface area contributed by atoms with Gasteiger partial charge in [-0.2, -0.15) is 13.2 Å². The number of hydrogen-bond acceptors (Lipinski definition) is 12.